The summed E-state index contributed by atoms with van der Waals surface area (Å²) in [5.41, 5.74) is 13.5. The average Bonchev–Trinajstić information content (AvgIpc) is 1.83. The molecule has 7 aliphatic rings. The highest BCUT2D eigenvalue weighted by Crippen LogP contribution is 2.34. The van der Waals surface area contributed by atoms with E-state index in [0.717, 1.165) is 73.2 Å². The van der Waals surface area contributed by atoms with Crippen molar-refractivity contribution in [3.63, 3.8) is 0 Å². The highest BCUT2D eigenvalue weighted by molar-refractivity contribution is 5.15. The largest absolute Gasteiger partial charge is 0.390 e. The first-order valence-corrected chi connectivity index (χ1v) is 47.0. The molecule has 14 heterocycles. The number of aryl methyl sites for hydroxylation is 8. The van der Waals surface area contributed by atoms with Crippen molar-refractivity contribution < 1.29 is 5.11 Å². The molecule has 14 rings (SSSR count). The van der Waals surface area contributed by atoms with Gasteiger partial charge in [0, 0.05) is 203 Å². The maximum Gasteiger partial charge on any atom is 0.106 e. The first kappa shape index (κ1) is 98.9. The quantitative estimate of drug-likeness (QED) is 0.101. The van der Waals surface area contributed by atoms with E-state index in [2.05, 4.69) is 369 Å². The SMILES string of the molecule is Cc1c(CO)ncn1C[C@@H]1CCCN(C(C)(C)C)C1.Cc1ccn(CC[C@@H]2CCCN2C(C)(C)C)c1.Cc1ccn(C[C@@H]2CCN(C(C)(C)C)C2)c1.Cc1ccn(C[C@@H]2CCN(C(C)(C)C)C2)c1.Cc1ccn(C[C@H]2CCN(C(C)(C)C)C2)c1.Cc1ccn(C[C@H]2CCN(C(C)(C)C)C2)c1.Cc1nc(C)n(C[C@H]2CCCN(C(C)(C)C)C2)c1C. The van der Waals surface area contributed by atoms with Crippen molar-refractivity contribution in [3.05, 3.63) is 155 Å². The second kappa shape index (κ2) is 43.4. The number of nitrogens with zero attached hydrogens (tertiary/aromatic N) is 16. The summed E-state index contributed by atoms with van der Waals surface area (Å²) in [6.45, 7) is 92.2. The maximum atomic E-state index is 9.20. The van der Waals surface area contributed by atoms with Gasteiger partial charge in [-0.15, -0.1) is 0 Å². The van der Waals surface area contributed by atoms with Crippen LogP contribution in [0.5, 0.6) is 0 Å². The molecule has 7 aromatic rings. The van der Waals surface area contributed by atoms with Crippen LogP contribution in [-0.4, -0.2) is 211 Å². The van der Waals surface area contributed by atoms with Gasteiger partial charge < -0.3 is 37.1 Å². The van der Waals surface area contributed by atoms with E-state index in [1.54, 1.807) is 0 Å². The number of likely N-dealkylation sites (tertiary alicyclic amines) is 7. The molecule has 1 N–H and O–H groups in total. The molecule has 7 aromatic heterocycles. The lowest BCUT2D eigenvalue weighted by molar-refractivity contribution is 0.0730. The number of aliphatic hydroxyl groups is 1. The molecule has 0 spiro atoms. The highest BCUT2D eigenvalue weighted by Gasteiger charge is 2.37. The Morgan fingerprint density at radius 3 is 0.908 bits per heavy atom. The van der Waals surface area contributed by atoms with E-state index >= 15 is 0 Å². The van der Waals surface area contributed by atoms with Crippen LogP contribution in [-0.2, 0) is 52.4 Å². The lowest BCUT2D eigenvalue weighted by Gasteiger charge is -2.41. The minimum atomic E-state index is 0.0393. The third kappa shape index (κ3) is 31.9. The molecule has 7 atom stereocenters. The van der Waals surface area contributed by atoms with E-state index in [1.807, 2.05) is 13.3 Å². The Balaban J connectivity index is 0.000000173. The van der Waals surface area contributed by atoms with E-state index in [9.17, 15) is 5.11 Å². The van der Waals surface area contributed by atoms with E-state index in [1.165, 1.54) is 220 Å². The summed E-state index contributed by atoms with van der Waals surface area (Å²) in [6.07, 6.45) is 38.8. The number of aliphatic hydroxyl groups excluding tert-OH is 1. The Bertz CT molecular complexity index is 3780. The molecule has 0 aliphatic carbocycles. The number of hydrogen-bond donors (Lipinski definition) is 1. The Morgan fingerprint density at radius 2 is 0.639 bits per heavy atom. The number of imidazole rings is 2. The number of rotatable bonds is 16. The zero-order chi connectivity index (χ0) is 87.8. The second-order valence-electron chi connectivity index (χ2n) is 44.8. The van der Waals surface area contributed by atoms with Crippen molar-refractivity contribution in [1.29, 1.82) is 0 Å². The lowest BCUT2D eigenvalue weighted by Crippen LogP contribution is -2.48. The van der Waals surface area contributed by atoms with Crippen molar-refractivity contribution in [2.75, 3.05) is 85.1 Å². The van der Waals surface area contributed by atoms with Gasteiger partial charge in [-0.2, -0.15) is 0 Å². The molecule has 0 aromatic carbocycles. The van der Waals surface area contributed by atoms with Gasteiger partial charge in [-0.3, -0.25) is 34.3 Å². The summed E-state index contributed by atoms with van der Waals surface area (Å²) in [5, 5.41) is 9.20. The van der Waals surface area contributed by atoms with Gasteiger partial charge in [-0.1, -0.05) is 0 Å². The Labute approximate surface area is 728 Å². The third-order valence-corrected chi connectivity index (χ3v) is 27.1. The molecule has 0 radical (unpaired) electrons. The van der Waals surface area contributed by atoms with Crippen LogP contribution >= 0.6 is 0 Å². The van der Waals surface area contributed by atoms with Crippen LogP contribution in [0.1, 0.15) is 272 Å². The van der Waals surface area contributed by atoms with Crippen LogP contribution in [0.4, 0.5) is 0 Å². The maximum absolute atomic E-state index is 9.20. The van der Waals surface area contributed by atoms with Crippen LogP contribution in [0.25, 0.3) is 0 Å². The van der Waals surface area contributed by atoms with E-state index in [0.29, 0.717) is 39.2 Å². The average molecular weight is 1640 g/mol. The molecule has 119 heavy (non-hydrogen) atoms. The fraction of sp³-hybridized carbons (Fsp3) is 0.745. The third-order valence-electron chi connectivity index (χ3n) is 27.1. The smallest absolute Gasteiger partial charge is 0.106 e. The second-order valence-corrected chi connectivity index (χ2v) is 44.8. The van der Waals surface area contributed by atoms with Crippen LogP contribution in [0.2, 0.25) is 0 Å². The minimum Gasteiger partial charge on any atom is -0.390 e. The molecule has 17 nitrogen and oxygen atoms in total. The molecule has 0 unspecified atom stereocenters. The van der Waals surface area contributed by atoms with E-state index in [-0.39, 0.29) is 12.1 Å². The van der Waals surface area contributed by atoms with Gasteiger partial charge in [0.1, 0.15) is 5.82 Å². The Hall–Kier alpha value is -5.50. The molecule has 7 aliphatic heterocycles. The van der Waals surface area contributed by atoms with Gasteiger partial charge in [-0.05, 0) is 418 Å². The molecular formula is C102H178N16O. The predicted octanol–water partition coefficient (Wildman–Crippen LogP) is 20.6. The fourth-order valence-electron chi connectivity index (χ4n) is 19.4. The molecule has 7 fully saturated rings. The van der Waals surface area contributed by atoms with Crippen LogP contribution < -0.4 is 0 Å². The summed E-state index contributed by atoms with van der Waals surface area (Å²) >= 11 is 0. The van der Waals surface area contributed by atoms with Crippen molar-refractivity contribution in [2.24, 2.45) is 35.5 Å². The molecule has 17 heteroatoms. The molecule has 0 saturated carbocycles. The van der Waals surface area contributed by atoms with Crippen molar-refractivity contribution in [1.82, 2.24) is 76.2 Å². The van der Waals surface area contributed by atoms with Gasteiger partial charge in [-0.25, -0.2) is 9.97 Å². The van der Waals surface area contributed by atoms with E-state index < -0.39 is 0 Å². The van der Waals surface area contributed by atoms with Gasteiger partial charge in [0.15, 0.2) is 0 Å². The van der Waals surface area contributed by atoms with Crippen molar-refractivity contribution in [2.45, 2.75) is 376 Å². The zero-order valence-electron chi connectivity index (χ0n) is 82.0. The fourth-order valence-corrected chi connectivity index (χ4v) is 19.4. The highest BCUT2D eigenvalue weighted by atomic mass is 16.3. The van der Waals surface area contributed by atoms with Gasteiger partial charge in [0.2, 0.25) is 0 Å². The van der Waals surface area contributed by atoms with Gasteiger partial charge in [0.05, 0.1) is 24.3 Å². The van der Waals surface area contributed by atoms with Crippen molar-refractivity contribution in [3.8, 4) is 0 Å². The molecule has 0 bridgehead atoms. The number of aromatic nitrogens is 9. The summed E-state index contributed by atoms with van der Waals surface area (Å²) < 4.78 is 16.3. The number of piperidine rings is 2. The lowest BCUT2D eigenvalue weighted by atomic mass is 9.93. The molecule has 672 valence electrons. The normalized spacial score (nSPS) is 22.5. The van der Waals surface area contributed by atoms with Gasteiger partial charge in [0.25, 0.3) is 0 Å². The predicted molar refractivity (Wildman–Crippen MR) is 505 cm³/mol. The van der Waals surface area contributed by atoms with Crippen LogP contribution in [0.15, 0.2) is 98.6 Å². The molecule has 7 saturated heterocycles. The topological polar surface area (TPSA) is 103 Å². The monoisotopic (exact) mass is 1640 g/mol. The Morgan fingerprint density at radius 1 is 0.336 bits per heavy atom. The summed E-state index contributed by atoms with van der Waals surface area (Å²) in [4.78, 5) is 27.2. The van der Waals surface area contributed by atoms with Gasteiger partial charge >= 0.3 is 0 Å². The first-order valence-electron chi connectivity index (χ1n) is 47.0. The summed E-state index contributed by atoms with van der Waals surface area (Å²) in [5.74, 6) is 5.92. The number of hydrogen-bond acceptors (Lipinski definition) is 10. The van der Waals surface area contributed by atoms with Crippen LogP contribution in [0, 0.1) is 97.8 Å². The minimum absolute atomic E-state index is 0.0393. The van der Waals surface area contributed by atoms with Crippen molar-refractivity contribution >= 4 is 0 Å². The van der Waals surface area contributed by atoms with E-state index in [4.69, 9.17) is 0 Å². The summed E-state index contributed by atoms with van der Waals surface area (Å²) in [7, 11) is 0. The van der Waals surface area contributed by atoms with Crippen LogP contribution in [0.3, 0.4) is 0 Å². The first-order chi connectivity index (χ1) is 55.5. The Kier molecular flexibility index (Phi) is 36.1. The zero-order valence-corrected chi connectivity index (χ0v) is 82.0. The standard InChI is InChI=1S/C16H29N3.C15H27N3O.C15H26N2.4C14H24N2/c1-12-13(2)19(14(3)17-12)11-15-8-7-9-18(10-15)16(4,5)6;1-12-14(10-19)16-11-17(12)8-13-6-5-7-18(9-13)15(2,3)4;1-13-7-10-16(12-13)11-8-14-6-5-9-17(14)15(2,3)4;4*1-12-5-7-15(9-12)10-13-6-8-16(11-13)14(2,3)4/h15H,7-11H2,1-6H3;11,13,19H,5-10H2,1-4H3;7,10,12,14H,5-6,8-9,11H2,1-4H3;4*5,7,9,13H,6,8,10-11H2,1-4H3/t15-;13-;14-;4*13-/m0001100/s1. The molecular weight excluding hydrogens is 1470 g/mol. The molecule has 0 amide bonds. The summed E-state index contributed by atoms with van der Waals surface area (Å²) in [6, 6.07) is 11.7.